The lowest BCUT2D eigenvalue weighted by Gasteiger charge is -2.21. The maximum atomic E-state index is 13.1. The summed E-state index contributed by atoms with van der Waals surface area (Å²) in [5.74, 6) is -1.29. The number of unbranched alkanes of at least 4 members (excludes halogenated alkanes) is 55. The number of carbonyl (C=O) groups excluding carboxylic acids is 4. The lowest BCUT2D eigenvalue weighted by atomic mass is 10.0. The highest BCUT2D eigenvalue weighted by Crippen LogP contribution is 2.45. The van der Waals surface area contributed by atoms with Crippen LogP contribution in [0, 0.1) is 5.92 Å². The number of aliphatic hydroxyl groups is 1. The van der Waals surface area contributed by atoms with Gasteiger partial charge in [0.15, 0.2) is 12.2 Å². The number of phosphoric acid groups is 2. The molecule has 606 valence electrons. The Labute approximate surface area is 626 Å². The molecule has 2 unspecified atom stereocenters. The van der Waals surface area contributed by atoms with E-state index in [1.807, 2.05) is 0 Å². The monoisotopic (exact) mass is 1490 g/mol. The van der Waals surface area contributed by atoms with Crippen molar-refractivity contribution in [3.05, 3.63) is 0 Å². The standard InChI is InChI=1S/C83H162O17P2/c1-6-9-12-15-18-21-24-25-26-27-28-29-30-31-36-39-44-49-54-59-64-69-83(88)100-79(73-94-81(86)67-62-57-52-47-43-38-35-33-32-34-37-42-45-50-55-60-65-76(4)5)75-98-102(91,92)96-71-77(84)70-95-101(89,90)97-74-78(99-82(87)68-63-58-53-48-41-23-20-17-14-11-8-3)72-93-80(85)66-61-56-51-46-40-22-19-16-13-10-7-2/h76-79,84H,6-75H2,1-5H3,(H,89,90)(H,91,92)/t77-,78+,79+/m0/s1. The van der Waals surface area contributed by atoms with Gasteiger partial charge in [0, 0.05) is 25.7 Å². The minimum absolute atomic E-state index is 0.108. The lowest BCUT2D eigenvalue weighted by molar-refractivity contribution is -0.161. The zero-order chi connectivity index (χ0) is 74.8. The Morgan fingerprint density at radius 1 is 0.265 bits per heavy atom. The van der Waals surface area contributed by atoms with Gasteiger partial charge in [0.2, 0.25) is 0 Å². The molecule has 0 radical (unpaired) electrons. The molecule has 19 heteroatoms. The minimum Gasteiger partial charge on any atom is -0.462 e. The van der Waals surface area contributed by atoms with Gasteiger partial charge in [-0.3, -0.25) is 37.3 Å². The van der Waals surface area contributed by atoms with Crippen molar-refractivity contribution in [1.82, 2.24) is 0 Å². The van der Waals surface area contributed by atoms with Crippen molar-refractivity contribution in [2.45, 2.75) is 464 Å². The second kappa shape index (κ2) is 75.9. The highest BCUT2D eigenvalue weighted by Gasteiger charge is 2.30. The summed E-state index contributed by atoms with van der Waals surface area (Å²) in [6.07, 6.45) is 68.0. The summed E-state index contributed by atoms with van der Waals surface area (Å²) >= 11 is 0. The van der Waals surface area contributed by atoms with E-state index in [1.165, 1.54) is 270 Å². The van der Waals surface area contributed by atoms with Crippen LogP contribution in [0.1, 0.15) is 446 Å². The van der Waals surface area contributed by atoms with Crippen molar-refractivity contribution in [2.75, 3.05) is 39.6 Å². The molecule has 0 aliphatic heterocycles. The SMILES string of the molecule is CCCCCCCCCCCCCCCCCCCCCCCC(=O)O[C@H](COC(=O)CCCCCCCCCCCCCCCCCCC(C)C)COP(=O)(O)OC[C@@H](O)COP(=O)(O)OC[C@@H](COC(=O)CCCCCCCCCCCCC)OC(=O)CCCCCCCCCCCCC. The maximum Gasteiger partial charge on any atom is 0.472 e. The first kappa shape index (κ1) is 100. The molecule has 0 spiro atoms. The zero-order valence-electron chi connectivity index (χ0n) is 66.8. The summed E-state index contributed by atoms with van der Waals surface area (Å²) in [5.41, 5.74) is 0. The van der Waals surface area contributed by atoms with E-state index in [1.54, 1.807) is 0 Å². The van der Waals surface area contributed by atoms with E-state index in [-0.39, 0.29) is 25.7 Å². The van der Waals surface area contributed by atoms with Crippen LogP contribution in [0.3, 0.4) is 0 Å². The first-order chi connectivity index (χ1) is 49.5. The molecule has 102 heavy (non-hydrogen) atoms. The molecule has 0 saturated carbocycles. The van der Waals surface area contributed by atoms with Gasteiger partial charge >= 0.3 is 39.5 Å². The van der Waals surface area contributed by atoms with Crippen molar-refractivity contribution in [1.29, 1.82) is 0 Å². The highest BCUT2D eigenvalue weighted by atomic mass is 31.2. The molecular weight excluding hydrogens is 1330 g/mol. The Balaban J connectivity index is 5.20. The molecule has 0 aromatic carbocycles. The molecule has 5 atom stereocenters. The second-order valence-electron chi connectivity index (χ2n) is 30.3. The fourth-order valence-corrected chi connectivity index (χ4v) is 14.5. The van der Waals surface area contributed by atoms with Crippen LogP contribution in [0.15, 0.2) is 0 Å². The van der Waals surface area contributed by atoms with Gasteiger partial charge < -0.3 is 33.8 Å². The van der Waals surface area contributed by atoms with Crippen LogP contribution >= 0.6 is 15.6 Å². The average molecular weight is 1490 g/mol. The molecule has 0 saturated heterocycles. The first-order valence-electron chi connectivity index (χ1n) is 43.1. The molecule has 0 aromatic rings. The van der Waals surface area contributed by atoms with Gasteiger partial charge in [-0.05, 0) is 31.6 Å². The van der Waals surface area contributed by atoms with Crippen LogP contribution < -0.4 is 0 Å². The fourth-order valence-electron chi connectivity index (χ4n) is 12.9. The van der Waals surface area contributed by atoms with Gasteiger partial charge in [0.05, 0.1) is 26.4 Å². The van der Waals surface area contributed by atoms with Crippen LogP contribution in [0.25, 0.3) is 0 Å². The molecule has 17 nitrogen and oxygen atoms in total. The van der Waals surface area contributed by atoms with Gasteiger partial charge in [0.25, 0.3) is 0 Å². The third-order valence-electron chi connectivity index (χ3n) is 19.5. The number of ether oxygens (including phenoxy) is 4. The molecule has 0 heterocycles. The maximum absolute atomic E-state index is 13.1. The molecule has 0 aliphatic rings. The van der Waals surface area contributed by atoms with E-state index in [4.69, 9.17) is 37.0 Å². The van der Waals surface area contributed by atoms with Gasteiger partial charge in [-0.2, -0.15) is 0 Å². The minimum atomic E-state index is -4.96. The Kier molecular flexibility index (Phi) is 74.4. The molecule has 0 fully saturated rings. The van der Waals surface area contributed by atoms with Crippen LogP contribution in [-0.2, 0) is 65.4 Å². The van der Waals surface area contributed by atoms with E-state index in [0.29, 0.717) is 25.7 Å². The summed E-state index contributed by atoms with van der Waals surface area (Å²) in [5, 5.41) is 10.6. The zero-order valence-corrected chi connectivity index (χ0v) is 68.5. The van der Waals surface area contributed by atoms with E-state index in [2.05, 4.69) is 34.6 Å². The second-order valence-corrected chi connectivity index (χ2v) is 33.3. The normalized spacial score (nSPS) is 13.8. The number of carbonyl (C=O) groups is 4. The van der Waals surface area contributed by atoms with Crippen LogP contribution in [-0.4, -0.2) is 96.7 Å². The van der Waals surface area contributed by atoms with Gasteiger partial charge in [0.1, 0.15) is 19.3 Å². The topological polar surface area (TPSA) is 237 Å². The van der Waals surface area contributed by atoms with Gasteiger partial charge in [-0.1, -0.05) is 394 Å². The Morgan fingerprint density at radius 3 is 0.667 bits per heavy atom. The third kappa shape index (κ3) is 76.3. The summed E-state index contributed by atoms with van der Waals surface area (Å²) < 4.78 is 68.7. The third-order valence-corrected chi connectivity index (χ3v) is 21.4. The number of esters is 4. The van der Waals surface area contributed by atoms with Crippen LogP contribution in [0.2, 0.25) is 0 Å². The van der Waals surface area contributed by atoms with E-state index in [0.717, 1.165) is 95.8 Å². The van der Waals surface area contributed by atoms with E-state index >= 15 is 0 Å². The largest absolute Gasteiger partial charge is 0.472 e. The average Bonchev–Trinajstić information content (AvgIpc) is 0.909. The predicted octanol–water partition coefficient (Wildman–Crippen LogP) is 25.2. The Morgan fingerprint density at radius 2 is 0.451 bits per heavy atom. The van der Waals surface area contributed by atoms with Gasteiger partial charge in [-0.25, -0.2) is 9.13 Å². The van der Waals surface area contributed by atoms with Crippen molar-refractivity contribution < 1.29 is 80.2 Å². The summed E-state index contributed by atoms with van der Waals surface area (Å²) in [4.78, 5) is 73.0. The van der Waals surface area contributed by atoms with Gasteiger partial charge in [-0.15, -0.1) is 0 Å². The van der Waals surface area contributed by atoms with E-state index in [9.17, 15) is 43.2 Å². The number of rotatable bonds is 83. The molecule has 0 aliphatic carbocycles. The molecule has 0 bridgehead atoms. The van der Waals surface area contributed by atoms with Crippen molar-refractivity contribution >= 4 is 39.5 Å². The molecule has 0 aromatic heterocycles. The van der Waals surface area contributed by atoms with Crippen molar-refractivity contribution in [3.63, 3.8) is 0 Å². The summed E-state index contributed by atoms with van der Waals surface area (Å²) in [6, 6.07) is 0. The Hall–Kier alpha value is -1.94. The summed E-state index contributed by atoms with van der Waals surface area (Å²) in [7, 11) is -9.92. The quantitative estimate of drug-likeness (QED) is 0.0222. The first-order valence-corrected chi connectivity index (χ1v) is 46.1. The van der Waals surface area contributed by atoms with Crippen molar-refractivity contribution in [2.24, 2.45) is 5.92 Å². The molecular formula is C83H162O17P2. The number of phosphoric ester groups is 2. The predicted molar refractivity (Wildman–Crippen MR) is 418 cm³/mol. The van der Waals surface area contributed by atoms with Crippen LogP contribution in [0.5, 0.6) is 0 Å². The van der Waals surface area contributed by atoms with Crippen LogP contribution in [0.4, 0.5) is 0 Å². The number of hydrogen-bond acceptors (Lipinski definition) is 15. The molecule has 0 rings (SSSR count). The lowest BCUT2D eigenvalue weighted by Crippen LogP contribution is -2.30. The molecule has 3 N–H and O–H groups in total. The smallest absolute Gasteiger partial charge is 0.462 e. The van der Waals surface area contributed by atoms with E-state index < -0.39 is 97.5 Å². The number of hydrogen-bond donors (Lipinski definition) is 3. The Bertz CT molecular complexity index is 1940. The summed E-state index contributed by atoms with van der Waals surface area (Å²) in [6.45, 7) is 7.36. The highest BCUT2D eigenvalue weighted by molar-refractivity contribution is 7.47. The fraction of sp³-hybridized carbons (Fsp3) is 0.952. The van der Waals surface area contributed by atoms with Crippen molar-refractivity contribution in [3.8, 4) is 0 Å². The molecule has 0 amide bonds. The number of aliphatic hydroxyl groups excluding tert-OH is 1.